The number of aromatic nitrogens is 4. The second kappa shape index (κ2) is 7.97. The summed E-state index contributed by atoms with van der Waals surface area (Å²) in [6.07, 6.45) is 0.746. The van der Waals surface area contributed by atoms with Gasteiger partial charge in [0, 0.05) is 20.4 Å². The van der Waals surface area contributed by atoms with Gasteiger partial charge in [-0.25, -0.2) is 9.36 Å². The van der Waals surface area contributed by atoms with Crippen molar-refractivity contribution in [2.45, 2.75) is 58.9 Å². The van der Waals surface area contributed by atoms with Crippen LogP contribution < -0.4 is 16.6 Å². The molecule has 0 saturated carbocycles. The number of carbonyl (C=O) groups is 2. The Balaban J connectivity index is 2.06. The Morgan fingerprint density at radius 2 is 2.07 bits per heavy atom. The average molecular weight is 393 g/mol. The maximum atomic E-state index is 13.0. The van der Waals surface area contributed by atoms with E-state index in [-0.39, 0.29) is 29.8 Å². The van der Waals surface area contributed by atoms with Gasteiger partial charge in [0.05, 0.1) is 6.10 Å². The molecule has 0 aliphatic carbocycles. The van der Waals surface area contributed by atoms with E-state index in [1.807, 2.05) is 6.92 Å². The van der Waals surface area contributed by atoms with E-state index in [1.165, 1.54) is 23.0 Å². The Bertz CT molecular complexity index is 1020. The molecule has 0 spiro atoms. The number of ether oxygens (including phenoxy) is 2. The topological polar surface area (TPSA) is 137 Å². The number of nitrogens with one attached hydrogen (secondary N) is 2. The van der Waals surface area contributed by atoms with E-state index in [1.54, 1.807) is 0 Å². The molecule has 11 heteroatoms. The standard InChI is InChI=1S/C17H23N5O6/c1-4-7-21-13-14(19-16(18-9(2)23)20-15(13)25)22(17(21)26)12-6-5-11(28-12)8-27-10(3)24/h11-12H,4-8H2,1-3H3,(H2,18,19,20,23,25). The van der Waals surface area contributed by atoms with E-state index >= 15 is 0 Å². The number of hydrogen-bond acceptors (Lipinski definition) is 7. The van der Waals surface area contributed by atoms with Crippen LogP contribution in [0.1, 0.15) is 46.3 Å². The summed E-state index contributed by atoms with van der Waals surface area (Å²) in [4.78, 5) is 54.7. The Hall–Kier alpha value is -2.95. The first kappa shape index (κ1) is 19.8. The lowest BCUT2D eigenvalue weighted by Crippen LogP contribution is -2.28. The van der Waals surface area contributed by atoms with Crippen LogP contribution in [0.3, 0.4) is 0 Å². The second-order valence-electron chi connectivity index (χ2n) is 6.66. The van der Waals surface area contributed by atoms with Crippen LogP contribution in [0.15, 0.2) is 9.59 Å². The van der Waals surface area contributed by atoms with Crippen LogP contribution in [0.25, 0.3) is 11.2 Å². The number of hydrogen-bond donors (Lipinski definition) is 2. The third-order valence-electron chi connectivity index (χ3n) is 4.40. The van der Waals surface area contributed by atoms with Crippen LogP contribution in [-0.2, 0) is 25.6 Å². The normalized spacial score (nSPS) is 19.1. The lowest BCUT2D eigenvalue weighted by Gasteiger charge is -2.14. The Morgan fingerprint density at radius 1 is 1.32 bits per heavy atom. The van der Waals surface area contributed by atoms with Crippen LogP contribution in [0.4, 0.5) is 5.95 Å². The molecule has 152 valence electrons. The molecule has 0 radical (unpaired) electrons. The maximum Gasteiger partial charge on any atom is 0.332 e. The Kier molecular flexibility index (Phi) is 5.63. The van der Waals surface area contributed by atoms with Gasteiger partial charge in [0.1, 0.15) is 12.8 Å². The Morgan fingerprint density at radius 3 is 2.71 bits per heavy atom. The van der Waals surface area contributed by atoms with Gasteiger partial charge in [-0.15, -0.1) is 0 Å². The third kappa shape index (κ3) is 3.84. The summed E-state index contributed by atoms with van der Waals surface area (Å²) in [6, 6.07) is 0. The van der Waals surface area contributed by atoms with Gasteiger partial charge in [0.2, 0.25) is 11.9 Å². The van der Waals surface area contributed by atoms with Gasteiger partial charge in [0.15, 0.2) is 11.2 Å². The van der Waals surface area contributed by atoms with Crippen LogP contribution in [0.5, 0.6) is 0 Å². The van der Waals surface area contributed by atoms with E-state index in [4.69, 9.17) is 9.47 Å². The molecule has 0 aromatic carbocycles. The fourth-order valence-corrected chi connectivity index (χ4v) is 3.31. The van der Waals surface area contributed by atoms with Gasteiger partial charge in [-0.2, -0.15) is 4.98 Å². The predicted molar refractivity (Wildman–Crippen MR) is 99.0 cm³/mol. The summed E-state index contributed by atoms with van der Waals surface area (Å²) in [5, 5.41) is 2.43. The van der Waals surface area contributed by atoms with Crippen molar-refractivity contribution in [3.05, 3.63) is 20.8 Å². The number of anilines is 1. The first-order chi connectivity index (χ1) is 13.3. The van der Waals surface area contributed by atoms with Crippen LogP contribution in [-0.4, -0.2) is 43.7 Å². The smallest absolute Gasteiger partial charge is 0.332 e. The molecule has 28 heavy (non-hydrogen) atoms. The molecule has 2 aromatic heterocycles. The van der Waals surface area contributed by atoms with Gasteiger partial charge in [-0.3, -0.25) is 29.3 Å². The minimum Gasteiger partial charge on any atom is -0.463 e. The van der Waals surface area contributed by atoms with Gasteiger partial charge < -0.3 is 9.47 Å². The number of fused-ring (bicyclic) bond motifs is 1. The molecule has 1 amide bonds. The molecule has 2 atom stereocenters. The summed E-state index contributed by atoms with van der Waals surface area (Å²) in [5.41, 5.74) is -0.655. The second-order valence-corrected chi connectivity index (χ2v) is 6.66. The zero-order valence-corrected chi connectivity index (χ0v) is 16.0. The number of esters is 1. The van der Waals surface area contributed by atoms with E-state index < -0.39 is 29.4 Å². The highest BCUT2D eigenvalue weighted by Gasteiger charge is 2.32. The average Bonchev–Trinajstić information content (AvgIpc) is 3.16. The summed E-state index contributed by atoms with van der Waals surface area (Å²) in [7, 11) is 0. The molecular weight excluding hydrogens is 370 g/mol. The molecule has 1 fully saturated rings. The van der Waals surface area contributed by atoms with E-state index in [0.29, 0.717) is 25.8 Å². The highest BCUT2D eigenvalue weighted by molar-refractivity contribution is 5.87. The first-order valence-corrected chi connectivity index (χ1v) is 9.13. The fraction of sp³-hybridized carbons (Fsp3) is 0.588. The number of imidazole rings is 1. The quantitative estimate of drug-likeness (QED) is 0.682. The molecule has 3 heterocycles. The highest BCUT2D eigenvalue weighted by Crippen LogP contribution is 2.29. The Labute approximate surface area is 159 Å². The minimum atomic E-state index is -0.645. The van der Waals surface area contributed by atoms with Crippen molar-refractivity contribution in [3.63, 3.8) is 0 Å². The van der Waals surface area contributed by atoms with Crippen LogP contribution in [0, 0.1) is 0 Å². The lowest BCUT2D eigenvalue weighted by atomic mass is 10.2. The van der Waals surface area contributed by atoms with Crippen molar-refractivity contribution in [2.75, 3.05) is 11.9 Å². The van der Waals surface area contributed by atoms with Crippen molar-refractivity contribution >= 4 is 29.0 Å². The molecular formula is C17H23N5O6. The molecule has 2 aromatic rings. The van der Waals surface area contributed by atoms with Gasteiger partial charge in [0.25, 0.3) is 5.56 Å². The molecule has 1 aliphatic heterocycles. The fourth-order valence-electron chi connectivity index (χ4n) is 3.31. The molecule has 1 aliphatic rings. The molecule has 1 saturated heterocycles. The largest absolute Gasteiger partial charge is 0.463 e. The summed E-state index contributed by atoms with van der Waals surface area (Å²) in [6.45, 7) is 4.94. The van der Waals surface area contributed by atoms with E-state index in [9.17, 15) is 19.2 Å². The van der Waals surface area contributed by atoms with Crippen LogP contribution >= 0.6 is 0 Å². The zero-order valence-electron chi connectivity index (χ0n) is 16.0. The first-order valence-electron chi connectivity index (χ1n) is 9.13. The predicted octanol–water partition coefficient (Wildman–Crippen LogP) is 0.495. The van der Waals surface area contributed by atoms with E-state index in [2.05, 4.69) is 15.3 Å². The lowest BCUT2D eigenvalue weighted by molar-refractivity contribution is -0.145. The van der Waals surface area contributed by atoms with Crippen molar-refractivity contribution in [1.82, 2.24) is 19.1 Å². The molecule has 2 unspecified atom stereocenters. The van der Waals surface area contributed by atoms with E-state index in [0.717, 1.165) is 0 Å². The van der Waals surface area contributed by atoms with Crippen molar-refractivity contribution in [3.8, 4) is 0 Å². The van der Waals surface area contributed by atoms with Gasteiger partial charge >= 0.3 is 11.7 Å². The number of aryl methyl sites for hydroxylation is 1. The highest BCUT2D eigenvalue weighted by atomic mass is 16.6. The van der Waals surface area contributed by atoms with Crippen molar-refractivity contribution in [2.24, 2.45) is 0 Å². The number of nitrogens with zero attached hydrogens (tertiary/aromatic N) is 3. The van der Waals surface area contributed by atoms with Crippen LogP contribution in [0.2, 0.25) is 0 Å². The summed E-state index contributed by atoms with van der Waals surface area (Å²) >= 11 is 0. The zero-order chi connectivity index (χ0) is 20.4. The molecule has 2 N–H and O–H groups in total. The van der Waals surface area contributed by atoms with Gasteiger partial charge in [-0.1, -0.05) is 6.92 Å². The number of carbonyl (C=O) groups excluding carboxylic acids is 2. The summed E-state index contributed by atoms with van der Waals surface area (Å²) < 4.78 is 13.5. The molecule has 0 bridgehead atoms. The number of amides is 1. The van der Waals surface area contributed by atoms with Crippen molar-refractivity contribution < 1.29 is 19.1 Å². The monoisotopic (exact) mass is 393 g/mol. The maximum absolute atomic E-state index is 13.0. The summed E-state index contributed by atoms with van der Waals surface area (Å²) in [5.74, 6) is -0.846. The number of aromatic amines is 1. The van der Waals surface area contributed by atoms with Crippen molar-refractivity contribution in [1.29, 1.82) is 0 Å². The van der Waals surface area contributed by atoms with Gasteiger partial charge in [-0.05, 0) is 19.3 Å². The number of rotatable bonds is 6. The molecule has 3 rings (SSSR count). The minimum absolute atomic E-state index is 0.0399. The third-order valence-corrected chi connectivity index (χ3v) is 4.40. The SMILES string of the molecule is CCCn1c(=O)n(C2CCC(COC(C)=O)O2)c2nc(NC(C)=O)[nH]c(=O)c21. The number of H-pyrrole nitrogens is 1. The molecule has 11 nitrogen and oxygen atoms in total.